The standard InChI is InChI=1S/C13H18N2O/c1-5-8-11(7-3)10-12(9-6-2)15-13(16)14-4/h5-10H,1,3H2,2,4H3,(H2,14,15,16)/b9-6-,11-8+,12-10+. The van der Waals surface area contributed by atoms with Crippen molar-refractivity contribution in [3.63, 3.8) is 0 Å². The van der Waals surface area contributed by atoms with E-state index >= 15 is 0 Å². The molecule has 0 spiro atoms. The van der Waals surface area contributed by atoms with E-state index in [9.17, 15) is 4.79 Å². The van der Waals surface area contributed by atoms with Crippen LogP contribution in [0.4, 0.5) is 4.79 Å². The molecule has 0 saturated heterocycles. The van der Waals surface area contributed by atoms with Gasteiger partial charge in [-0.3, -0.25) is 0 Å². The molecule has 0 aromatic carbocycles. The first-order valence-electron chi connectivity index (χ1n) is 4.96. The molecule has 0 rings (SSSR count). The molecule has 3 heteroatoms. The summed E-state index contributed by atoms with van der Waals surface area (Å²) in [6.45, 7) is 9.17. The normalized spacial score (nSPS) is 12.4. The minimum Gasteiger partial charge on any atom is -0.341 e. The third-order valence-corrected chi connectivity index (χ3v) is 1.70. The topological polar surface area (TPSA) is 41.1 Å². The number of allylic oxidation sites excluding steroid dienone is 7. The highest BCUT2D eigenvalue weighted by Crippen LogP contribution is 2.03. The number of hydrogen-bond donors (Lipinski definition) is 2. The lowest BCUT2D eigenvalue weighted by Crippen LogP contribution is -2.31. The van der Waals surface area contributed by atoms with Crippen molar-refractivity contribution in [3.8, 4) is 0 Å². The van der Waals surface area contributed by atoms with Crippen molar-refractivity contribution in [2.75, 3.05) is 7.05 Å². The zero-order valence-corrected chi connectivity index (χ0v) is 9.79. The van der Waals surface area contributed by atoms with E-state index in [0.29, 0.717) is 5.70 Å². The van der Waals surface area contributed by atoms with Crippen molar-refractivity contribution in [1.29, 1.82) is 0 Å². The maximum Gasteiger partial charge on any atom is 0.318 e. The molecule has 0 heterocycles. The summed E-state index contributed by atoms with van der Waals surface area (Å²) in [7, 11) is 1.57. The third kappa shape index (κ3) is 5.65. The second kappa shape index (κ2) is 8.29. The lowest BCUT2D eigenvalue weighted by molar-refractivity contribution is 0.245. The van der Waals surface area contributed by atoms with Crippen LogP contribution in [0.25, 0.3) is 0 Å². The van der Waals surface area contributed by atoms with Crippen LogP contribution in [0.5, 0.6) is 0 Å². The fourth-order valence-electron chi connectivity index (χ4n) is 0.990. The lowest BCUT2D eigenvalue weighted by atomic mass is 10.2. The van der Waals surface area contributed by atoms with Gasteiger partial charge in [0.15, 0.2) is 0 Å². The van der Waals surface area contributed by atoms with Gasteiger partial charge in [-0.1, -0.05) is 37.5 Å². The molecule has 0 aliphatic carbocycles. The molecule has 3 nitrogen and oxygen atoms in total. The Bertz CT molecular complexity index is 349. The summed E-state index contributed by atoms with van der Waals surface area (Å²) in [5.41, 5.74) is 1.56. The van der Waals surface area contributed by atoms with E-state index in [2.05, 4.69) is 23.8 Å². The van der Waals surface area contributed by atoms with Crippen molar-refractivity contribution >= 4 is 6.03 Å². The largest absolute Gasteiger partial charge is 0.341 e. The molecule has 16 heavy (non-hydrogen) atoms. The van der Waals surface area contributed by atoms with E-state index in [1.807, 2.05) is 25.2 Å². The van der Waals surface area contributed by atoms with Crippen LogP contribution in [-0.4, -0.2) is 13.1 Å². The van der Waals surface area contributed by atoms with Crippen molar-refractivity contribution in [2.24, 2.45) is 0 Å². The minimum absolute atomic E-state index is 0.258. The summed E-state index contributed by atoms with van der Waals surface area (Å²) in [6, 6.07) is -0.258. The van der Waals surface area contributed by atoms with Crippen LogP contribution >= 0.6 is 0 Å². The molecule has 2 N–H and O–H groups in total. The number of nitrogens with one attached hydrogen (secondary N) is 2. The quantitative estimate of drug-likeness (QED) is 0.684. The van der Waals surface area contributed by atoms with E-state index < -0.39 is 0 Å². The zero-order valence-electron chi connectivity index (χ0n) is 9.79. The van der Waals surface area contributed by atoms with E-state index in [-0.39, 0.29) is 6.03 Å². The SMILES string of the molecule is C=C/C=C(C=C)/C=C(\C=C/C)NC(=O)NC. The Hall–Kier alpha value is -2.03. The molecule has 0 radical (unpaired) electrons. The summed E-state index contributed by atoms with van der Waals surface area (Å²) in [5.74, 6) is 0. The van der Waals surface area contributed by atoms with Gasteiger partial charge in [0.05, 0.1) is 0 Å². The highest BCUT2D eigenvalue weighted by atomic mass is 16.2. The van der Waals surface area contributed by atoms with Crippen LogP contribution in [0, 0.1) is 0 Å². The van der Waals surface area contributed by atoms with Crippen molar-refractivity contribution in [1.82, 2.24) is 10.6 Å². The Morgan fingerprint density at radius 3 is 2.44 bits per heavy atom. The van der Waals surface area contributed by atoms with Crippen LogP contribution < -0.4 is 10.6 Å². The highest BCUT2D eigenvalue weighted by Gasteiger charge is 1.98. The molecule has 0 aromatic heterocycles. The van der Waals surface area contributed by atoms with Crippen LogP contribution in [0.1, 0.15) is 6.92 Å². The average molecular weight is 218 g/mol. The van der Waals surface area contributed by atoms with Gasteiger partial charge >= 0.3 is 6.03 Å². The van der Waals surface area contributed by atoms with E-state index in [4.69, 9.17) is 0 Å². The second-order valence-corrected chi connectivity index (χ2v) is 2.91. The van der Waals surface area contributed by atoms with E-state index in [0.717, 1.165) is 5.57 Å². The Morgan fingerprint density at radius 2 is 2.00 bits per heavy atom. The summed E-state index contributed by atoms with van der Waals surface area (Å²) in [4.78, 5) is 11.2. The predicted molar refractivity (Wildman–Crippen MR) is 69.0 cm³/mol. The van der Waals surface area contributed by atoms with Gasteiger partial charge in [-0.15, -0.1) is 0 Å². The third-order valence-electron chi connectivity index (χ3n) is 1.70. The number of carbonyl (C=O) groups is 1. The zero-order chi connectivity index (χ0) is 12.4. The van der Waals surface area contributed by atoms with E-state index in [1.54, 1.807) is 25.3 Å². The summed E-state index contributed by atoms with van der Waals surface area (Å²) in [5, 5.41) is 5.18. The molecule has 0 aliphatic rings. The molecule has 0 atom stereocenters. The highest BCUT2D eigenvalue weighted by molar-refractivity contribution is 5.76. The second-order valence-electron chi connectivity index (χ2n) is 2.91. The van der Waals surface area contributed by atoms with Crippen LogP contribution in [-0.2, 0) is 0 Å². The Balaban J connectivity index is 4.94. The first kappa shape index (κ1) is 14.0. The maximum absolute atomic E-state index is 11.2. The van der Waals surface area contributed by atoms with Gasteiger partial charge in [-0.2, -0.15) is 0 Å². The van der Waals surface area contributed by atoms with Crippen LogP contribution in [0.3, 0.4) is 0 Å². The molecule has 0 bridgehead atoms. The number of urea groups is 1. The van der Waals surface area contributed by atoms with Gasteiger partial charge in [-0.25, -0.2) is 4.79 Å². The number of carbonyl (C=O) groups excluding carboxylic acids is 1. The molecule has 0 unspecified atom stereocenters. The smallest absolute Gasteiger partial charge is 0.318 e. The van der Waals surface area contributed by atoms with E-state index in [1.165, 1.54) is 0 Å². The lowest BCUT2D eigenvalue weighted by Gasteiger charge is -2.05. The predicted octanol–water partition coefficient (Wildman–Crippen LogP) is 2.67. The van der Waals surface area contributed by atoms with Gasteiger partial charge in [0.1, 0.15) is 0 Å². The molecule has 0 aromatic rings. The molecule has 0 fully saturated rings. The van der Waals surface area contributed by atoms with Crippen LogP contribution in [0.15, 0.2) is 60.9 Å². The first-order valence-corrected chi connectivity index (χ1v) is 4.96. The number of hydrogen-bond acceptors (Lipinski definition) is 1. The molecule has 0 saturated carbocycles. The number of amides is 2. The van der Waals surface area contributed by atoms with Gasteiger partial charge in [0.2, 0.25) is 0 Å². The van der Waals surface area contributed by atoms with Gasteiger partial charge in [-0.05, 0) is 24.6 Å². The fourth-order valence-corrected chi connectivity index (χ4v) is 0.990. The molecule has 0 aliphatic heterocycles. The maximum atomic E-state index is 11.2. The molecular formula is C13H18N2O. The molecule has 2 amide bonds. The fraction of sp³-hybridized carbons (Fsp3) is 0.154. The number of rotatable bonds is 5. The monoisotopic (exact) mass is 218 g/mol. The first-order chi connectivity index (χ1) is 7.67. The summed E-state index contributed by atoms with van der Waals surface area (Å²) >= 11 is 0. The van der Waals surface area contributed by atoms with Crippen molar-refractivity contribution in [3.05, 3.63) is 60.9 Å². The van der Waals surface area contributed by atoms with Gasteiger partial charge < -0.3 is 10.6 Å². The van der Waals surface area contributed by atoms with Gasteiger partial charge in [0.25, 0.3) is 0 Å². The summed E-state index contributed by atoms with van der Waals surface area (Å²) < 4.78 is 0. The minimum atomic E-state index is -0.258. The van der Waals surface area contributed by atoms with Crippen molar-refractivity contribution < 1.29 is 4.79 Å². The summed E-state index contributed by atoms with van der Waals surface area (Å²) in [6.07, 6.45) is 10.6. The van der Waals surface area contributed by atoms with Crippen molar-refractivity contribution in [2.45, 2.75) is 6.92 Å². The molecule has 86 valence electrons. The van der Waals surface area contributed by atoms with Gasteiger partial charge in [0, 0.05) is 12.7 Å². The molecular weight excluding hydrogens is 200 g/mol. The Morgan fingerprint density at radius 1 is 1.31 bits per heavy atom. The Kier molecular flexibility index (Phi) is 7.24. The average Bonchev–Trinajstić information content (AvgIpc) is 2.28. The van der Waals surface area contributed by atoms with Crippen LogP contribution in [0.2, 0.25) is 0 Å². The Labute approximate surface area is 96.9 Å².